The average molecular weight is 244 g/mol. The summed E-state index contributed by atoms with van der Waals surface area (Å²) in [6.07, 6.45) is -0.0343. The van der Waals surface area contributed by atoms with Crippen molar-refractivity contribution in [2.45, 2.75) is 44.9 Å². The van der Waals surface area contributed by atoms with Gasteiger partial charge in [-0.25, -0.2) is 0 Å². The van der Waals surface area contributed by atoms with Gasteiger partial charge in [0, 0.05) is 12.0 Å². The molecular weight excluding hydrogens is 224 g/mol. The van der Waals surface area contributed by atoms with Gasteiger partial charge < -0.3 is 21.3 Å². The highest BCUT2D eigenvalue weighted by Crippen LogP contribution is 2.27. The van der Waals surface area contributed by atoms with Crippen molar-refractivity contribution in [2.24, 2.45) is 11.1 Å². The van der Waals surface area contributed by atoms with E-state index in [1.54, 1.807) is 13.8 Å². The molecule has 1 aliphatic heterocycles. The number of Topliss-reactive ketones (excluding diaryl/α,β-unsaturated/α-hetero) is 1. The van der Waals surface area contributed by atoms with E-state index in [4.69, 9.17) is 10.8 Å². The molecule has 1 aliphatic rings. The van der Waals surface area contributed by atoms with Gasteiger partial charge in [-0.1, -0.05) is 13.8 Å². The number of carbonyl (C=O) groups is 2. The first-order chi connectivity index (χ1) is 7.74. The van der Waals surface area contributed by atoms with Gasteiger partial charge in [0.15, 0.2) is 5.78 Å². The second-order valence-corrected chi connectivity index (χ2v) is 5.25. The van der Waals surface area contributed by atoms with E-state index in [0.29, 0.717) is 13.0 Å². The first-order valence-corrected chi connectivity index (χ1v) is 5.68. The Bertz CT molecular complexity index is 317. The largest absolute Gasteiger partial charge is 0.480 e. The second-order valence-electron chi connectivity index (χ2n) is 5.25. The number of rotatable bonds is 5. The zero-order valence-electron chi connectivity index (χ0n) is 10.1. The van der Waals surface area contributed by atoms with Gasteiger partial charge in [0.2, 0.25) is 0 Å². The van der Waals surface area contributed by atoms with E-state index in [9.17, 15) is 14.7 Å². The van der Waals surface area contributed by atoms with Gasteiger partial charge in [0.05, 0.1) is 12.1 Å². The number of hydrogen-bond acceptors (Lipinski definition) is 5. The van der Waals surface area contributed by atoms with E-state index in [-0.39, 0.29) is 12.2 Å². The number of aliphatic hydroxyl groups excluding tert-OH is 1. The maximum absolute atomic E-state index is 12.1. The molecule has 0 amide bonds. The lowest BCUT2D eigenvalue weighted by Gasteiger charge is -2.27. The van der Waals surface area contributed by atoms with Crippen LogP contribution in [0.25, 0.3) is 0 Å². The Morgan fingerprint density at radius 1 is 1.53 bits per heavy atom. The Hall–Kier alpha value is -0.980. The highest BCUT2D eigenvalue weighted by atomic mass is 16.4. The fourth-order valence-electron chi connectivity index (χ4n) is 2.13. The highest BCUT2D eigenvalue weighted by Gasteiger charge is 2.39. The summed E-state index contributed by atoms with van der Waals surface area (Å²) in [7, 11) is 0. The van der Waals surface area contributed by atoms with Crippen molar-refractivity contribution < 1.29 is 19.8 Å². The molecule has 0 aromatic rings. The van der Waals surface area contributed by atoms with Crippen molar-refractivity contribution in [3.05, 3.63) is 0 Å². The first kappa shape index (κ1) is 14.1. The van der Waals surface area contributed by atoms with Crippen molar-refractivity contribution in [2.75, 3.05) is 6.54 Å². The van der Waals surface area contributed by atoms with Gasteiger partial charge in [-0.15, -0.1) is 0 Å². The lowest BCUT2D eigenvalue weighted by atomic mass is 9.78. The number of carboxylic acids is 1. The van der Waals surface area contributed by atoms with Gasteiger partial charge in [0.25, 0.3) is 0 Å². The van der Waals surface area contributed by atoms with Crippen molar-refractivity contribution >= 4 is 11.8 Å². The Kier molecular flexibility index (Phi) is 4.24. The zero-order chi connectivity index (χ0) is 13.2. The third kappa shape index (κ3) is 3.49. The van der Waals surface area contributed by atoms with Crippen molar-refractivity contribution in [3.63, 3.8) is 0 Å². The number of carbonyl (C=O) groups excluding carboxylic acids is 1. The summed E-state index contributed by atoms with van der Waals surface area (Å²) in [5, 5.41) is 21.0. The molecule has 98 valence electrons. The fraction of sp³-hybridized carbons (Fsp3) is 0.818. The topological polar surface area (TPSA) is 113 Å². The van der Waals surface area contributed by atoms with Crippen LogP contribution in [-0.4, -0.2) is 46.7 Å². The van der Waals surface area contributed by atoms with Crippen molar-refractivity contribution in [1.82, 2.24) is 5.32 Å². The van der Waals surface area contributed by atoms with Gasteiger partial charge in [-0.2, -0.15) is 0 Å². The summed E-state index contributed by atoms with van der Waals surface area (Å²) >= 11 is 0. The van der Waals surface area contributed by atoms with E-state index in [2.05, 4.69) is 5.32 Å². The molecule has 1 saturated heterocycles. The number of nitrogens with one attached hydrogen (secondary N) is 1. The molecular formula is C11H20N2O4. The number of β-amino-alcohol motifs (C(OH)–C–C–N with tert-alkyl or cyclic N) is 1. The third-order valence-corrected chi connectivity index (χ3v) is 3.14. The van der Waals surface area contributed by atoms with E-state index >= 15 is 0 Å². The predicted octanol–water partition coefficient (Wildman–Crippen LogP) is -0.893. The van der Waals surface area contributed by atoms with Gasteiger partial charge in [0.1, 0.15) is 6.04 Å². The Labute approximate surface area is 100 Å². The molecule has 0 saturated carbocycles. The molecule has 3 atom stereocenters. The standard InChI is InChI=1S/C11H20N2O4/c1-11(2,4-7(12)10(16)17)9(15)8-3-6(14)5-13-8/h6-8,13-14H,3-5,12H2,1-2H3,(H,16,17)/t6-,7?,8+/m1/s1. The number of ketones is 1. The van der Waals surface area contributed by atoms with E-state index in [1.165, 1.54) is 0 Å². The predicted molar refractivity (Wildman–Crippen MR) is 61.4 cm³/mol. The van der Waals surface area contributed by atoms with Crippen LogP contribution in [0.3, 0.4) is 0 Å². The van der Waals surface area contributed by atoms with Crippen LogP contribution in [0.15, 0.2) is 0 Å². The Morgan fingerprint density at radius 2 is 2.12 bits per heavy atom. The average Bonchev–Trinajstić information content (AvgIpc) is 2.62. The highest BCUT2D eigenvalue weighted by molar-refractivity contribution is 5.90. The SMILES string of the molecule is CC(C)(CC(N)C(=O)O)C(=O)[C@@H]1C[C@@H](O)CN1. The monoisotopic (exact) mass is 244 g/mol. The van der Waals surface area contributed by atoms with E-state index in [0.717, 1.165) is 0 Å². The molecule has 1 heterocycles. The first-order valence-electron chi connectivity index (χ1n) is 5.68. The van der Waals surface area contributed by atoms with E-state index < -0.39 is 29.6 Å². The molecule has 0 spiro atoms. The smallest absolute Gasteiger partial charge is 0.320 e. The number of aliphatic carboxylic acids is 1. The summed E-state index contributed by atoms with van der Waals surface area (Å²) in [5.41, 5.74) is 4.64. The minimum Gasteiger partial charge on any atom is -0.480 e. The maximum atomic E-state index is 12.1. The van der Waals surface area contributed by atoms with Crippen molar-refractivity contribution in [1.29, 1.82) is 0 Å². The molecule has 1 fully saturated rings. The summed E-state index contributed by atoms with van der Waals surface area (Å²) < 4.78 is 0. The number of aliphatic hydroxyl groups is 1. The Morgan fingerprint density at radius 3 is 2.53 bits per heavy atom. The van der Waals surface area contributed by atoms with Crippen LogP contribution in [0.1, 0.15) is 26.7 Å². The second kappa shape index (κ2) is 5.12. The Balaban J connectivity index is 2.63. The van der Waals surface area contributed by atoms with Gasteiger partial charge in [-0.3, -0.25) is 9.59 Å². The van der Waals surface area contributed by atoms with Crippen LogP contribution in [0, 0.1) is 5.41 Å². The van der Waals surface area contributed by atoms with Crippen LogP contribution in [0.5, 0.6) is 0 Å². The number of carboxylic acid groups (broad SMARTS) is 1. The zero-order valence-corrected chi connectivity index (χ0v) is 10.1. The van der Waals surface area contributed by atoms with Crippen LogP contribution < -0.4 is 11.1 Å². The van der Waals surface area contributed by atoms with Crippen molar-refractivity contribution in [3.8, 4) is 0 Å². The summed E-state index contributed by atoms with van der Waals surface area (Å²) in [4.78, 5) is 22.8. The minimum atomic E-state index is -1.11. The molecule has 0 aromatic heterocycles. The third-order valence-electron chi connectivity index (χ3n) is 3.14. The van der Waals surface area contributed by atoms with Crippen LogP contribution in [0.2, 0.25) is 0 Å². The molecule has 0 bridgehead atoms. The molecule has 0 aromatic carbocycles. The lowest BCUT2D eigenvalue weighted by Crippen LogP contribution is -2.44. The molecule has 0 radical (unpaired) electrons. The number of nitrogens with two attached hydrogens (primary N) is 1. The normalized spacial score (nSPS) is 26.8. The number of hydrogen-bond donors (Lipinski definition) is 4. The molecule has 1 rings (SSSR count). The molecule has 6 heteroatoms. The molecule has 17 heavy (non-hydrogen) atoms. The maximum Gasteiger partial charge on any atom is 0.320 e. The summed E-state index contributed by atoms with van der Waals surface area (Å²) in [5.74, 6) is -1.20. The van der Waals surface area contributed by atoms with Crippen LogP contribution in [-0.2, 0) is 9.59 Å². The van der Waals surface area contributed by atoms with Gasteiger partial charge >= 0.3 is 5.97 Å². The quantitative estimate of drug-likeness (QED) is 0.499. The van der Waals surface area contributed by atoms with Crippen LogP contribution >= 0.6 is 0 Å². The lowest BCUT2D eigenvalue weighted by molar-refractivity contribution is -0.140. The van der Waals surface area contributed by atoms with E-state index in [1.807, 2.05) is 0 Å². The summed E-state index contributed by atoms with van der Waals surface area (Å²) in [6, 6.07) is -1.44. The minimum absolute atomic E-state index is 0.0919. The fourth-order valence-corrected chi connectivity index (χ4v) is 2.13. The summed E-state index contributed by atoms with van der Waals surface area (Å²) in [6.45, 7) is 3.77. The van der Waals surface area contributed by atoms with Gasteiger partial charge in [-0.05, 0) is 12.8 Å². The molecule has 5 N–H and O–H groups in total. The molecule has 1 unspecified atom stereocenters. The van der Waals surface area contributed by atoms with Crippen LogP contribution in [0.4, 0.5) is 0 Å². The molecule has 6 nitrogen and oxygen atoms in total. The molecule has 0 aliphatic carbocycles.